The molecule has 1 unspecified atom stereocenters. The SMILES string of the molecule is COc1ccc2c(c1)CC(CO)(NC1CCCC1)CC2. The van der Waals surface area contributed by atoms with Crippen LogP contribution in [0.15, 0.2) is 18.2 Å². The number of aliphatic hydroxyl groups excluding tert-OH is 1. The average Bonchev–Trinajstić information content (AvgIpc) is 2.99. The fourth-order valence-corrected chi connectivity index (χ4v) is 3.77. The van der Waals surface area contributed by atoms with Gasteiger partial charge in [0.15, 0.2) is 0 Å². The normalized spacial score (nSPS) is 26.5. The quantitative estimate of drug-likeness (QED) is 0.887. The van der Waals surface area contributed by atoms with Crippen molar-refractivity contribution in [3.8, 4) is 5.75 Å². The second-order valence-corrected chi connectivity index (χ2v) is 6.38. The van der Waals surface area contributed by atoms with Gasteiger partial charge in [-0.3, -0.25) is 0 Å². The van der Waals surface area contributed by atoms with Crippen LogP contribution < -0.4 is 10.1 Å². The van der Waals surface area contributed by atoms with Crippen LogP contribution in [0.2, 0.25) is 0 Å². The van der Waals surface area contributed by atoms with Crippen molar-refractivity contribution in [2.75, 3.05) is 13.7 Å². The van der Waals surface area contributed by atoms with Gasteiger partial charge in [-0.1, -0.05) is 18.9 Å². The molecule has 0 saturated heterocycles. The third-order valence-corrected chi connectivity index (χ3v) is 4.98. The Kier molecular flexibility index (Phi) is 3.99. The van der Waals surface area contributed by atoms with E-state index in [1.54, 1.807) is 7.11 Å². The molecule has 1 saturated carbocycles. The van der Waals surface area contributed by atoms with E-state index >= 15 is 0 Å². The molecule has 0 aliphatic heterocycles. The van der Waals surface area contributed by atoms with E-state index in [9.17, 15) is 5.11 Å². The van der Waals surface area contributed by atoms with Crippen molar-refractivity contribution in [1.82, 2.24) is 5.32 Å². The van der Waals surface area contributed by atoms with Crippen molar-refractivity contribution in [3.63, 3.8) is 0 Å². The molecular weight excluding hydrogens is 250 g/mol. The lowest BCUT2D eigenvalue weighted by molar-refractivity contribution is 0.132. The number of methoxy groups -OCH3 is 1. The van der Waals surface area contributed by atoms with Crippen LogP contribution in [0.25, 0.3) is 0 Å². The zero-order valence-corrected chi connectivity index (χ0v) is 12.3. The van der Waals surface area contributed by atoms with Gasteiger partial charge in [-0.25, -0.2) is 0 Å². The van der Waals surface area contributed by atoms with Gasteiger partial charge in [0.2, 0.25) is 0 Å². The van der Waals surface area contributed by atoms with Crippen molar-refractivity contribution < 1.29 is 9.84 Å². The summed E-state index contributed by atoms with van der Waals surface area (Å²) in [6, 6.07) is 6.93. The smallest absolute Gasteiger partial charge is 0.119 e. The molecule has 1 fully saturated rings. The summed E-state index contributed by atoms with van der Waals surface area (Å²) in [7, 11) is 1.71. The van der Waals surface area contributed by atoms with Gasteiger partial charge in [0.25, 0.3) is 0 Å². The van der Waals surface area contributed by atoms with E-state index in [4.69, 9.17) is 4.74 Å². The number of aliphatic hydroxyl groups is 1. The number of aryl methyl sites for hydroxylation is 1. The average molecular weight is 275 g/mol. The molecule has 0 spiro atoms. The predicted molar refractivity (Wildman–Crippen MR) is 80.2 cm³/mol. The summed E-state index contributed by atoms with van der Waals surface area (Å²) in [5, 5.41) is 13.7. The Balaban J connectivity index is 1.79. The number of hydrogen-bond donors (Lipinski definition) is 2. The number of fused-ring (bicyclic) bond motifs is 1. The van der Waals surface area contributed by atoms with Gasteiger partial charge in [0.1, 0.15) is 5.75 Å². The van der Waals surface area contributed by atoms with E-state index < -0.39 is 0 Å². The van der Waals surface area contributed by atoms with Crippen LogP contribution in [0.5, 0.6) is 5.75 Å². The van der Waals surface area contributed by atoms with Crippen LogP contribution in [0.4, 0.5) is 0 Å². The highest BCUT2D eigenvalue weighted by atomic mass is 16.5. The minimum absolute atomic E-state index is 0.131. The van der Waals surface area contributed by atoms with E-state index in [0.717, 1.165) is 25.0 Å². The molecule has 3 rings (SSSR count). The van der Waals surface area contributed by atoms with Crippen LogP contribution in [0.3, 0.4) is 0 Å². The zero-order valence-electron chi connectivity index (χ0n) is 12.3. The molecule has 2 aliphatic rings. The Bertz CT molecular complexity index is 468. The highest BCUT2D eigenvalue weighted by Crippen LogP contribution is 2.33. The van der Waals surface area contributed by atoms with Gasteiger partial charge in [-0.15, -0.1) is 0 Å². The molecule has 20 heavy (non-hydrogen) atoms. The molecule has 3 heteroatoms. The monoisotopic (exact) mass is 275 g/mol. The molecule has 2 aliphatic carbocycles. The molecule has 1 atom stereocenters. The molecule has 2 N–H and O–H groups in total. The van der Waals surface area contributed by atoms with Crippen molar-refractivity contribution in [3.05, 3.63) is 29.3 Å². The standard InChI is InChI=1S/C17H25NO2/c1-20-16-7-6-13-8-9-17(12-19,11-14(13)10-16)18-15-4-2-3-5-15/h6-7,10,15,18-19H,2-5,8-9,11-12H2,1H3. The highest BCUT2D eigenvalue weighted by molar-refractivity contribution is 5.39. The molecule has 0 radical (unpaired) electrons. The summed E-state index contributed by atoms with van der Waals surface area (Å²) >= 11 is 0. The van der Waals surface area contributed by atoms with Crippen molar-refractivity contribution in [1.29, 1.82) is 0 Å². The van der Waals surface area contributed by atoms with Crippen molar-refractivity contribution >= 4 is 0 Å². The molecule has 0 aromatic heterocycles. The van der Waals surface area contributed by atoms with Crippen LogP contribution in [0, 0.1) is 0 Å². The second-order valence-electron chi connectivity index (χ2n) is 6.38. The lowest BCUT2D eigenvalue weighted by atomic mass is 9.77. The molecular formula is C17H25NO2. The van der Waals surface area contributed by atoms with Crippen LogP contribution in [-0.2, 0) is 12.8 Å². The molecule has 0 heterocycles. The number of hydrogen-bond acceptors (Lipinski definition) is 3. The maximum Gasteiger partial charge on any atom is 0.119 e. The largest absolute Gasteiger partial charge is 0.497 e. The number of ether oxygens (including phenoxy) is 1. The summed E-state index contributed by atoms with van der Waals surface area (Å²) in [5.74, 6) is 0.915. The van der Waals surface area contributed by atoms with E-state index in [1.807, 2.05) is 6.07 Å². The van der Waals surface area contributed by atoms with E-state index in [1.165, 1.54) is 36.8 Å². The minimum atomic E-state index is -0.131. The van der Waals surface area contributed by atoms with E-state index in [2.05, 4.69) is 17.4 Å². The molecule has 3 nitrogen and oxygen atoms in total. The third-order valence-electron chi connectivity index (χ3n) is 4.98. The van der Waals surface area contributed by atoms with E-state index in [0.29, 0.717) is 6.04 Å². The Morgan fingerprint density at radius 2 is 2.10 bits per heavy atom. The summed E-state index contributed by atoms with van der Waals surface area (Å²) in [6.45, 7) is 0.222. The Morgan fingerprint density at radius 3 is 2.80 bits per heavy atom. The van der Waals surface area contributed by atoms with Crippen molar-refractivity contribution in [2.45, 2.75) is 56.5 Å². The maximum atomic E-state index is 9.96. The minimum Gasteiger partial charge on any atom is -0.497 e. The molecule has 0 amide bonds. The third kappa shape index (κ3) is 2.70. The van der Waals surface area contributed by atoms with Crippen LogP contribution in [0.1, 0.15) is 43.2 Å². The summed E-state index contributed by atoms with van der Waals surface area (Å²) in [4.78, 5) is 0. The van der Waals surface area contributed by atoms with E-state index in [-0.39, 0.29) is 12.1 Å². The Labute approximate surface area is 121 Å². The molecule has 0 bridgehead atoms. The van der Waals surface area contributed by atoms with Crippen LogP contribution in [-0.4, -0.2) is 30.4 Å². The lowest BCUT2D eigenvalue weighted by Gasteiger charge is -2.40. The Morgan fingerprint density at radius 1 is 1.30 bits per heavy atom. The highest BCUT2D eigenvalue weighted by Gasteiger charge is 2.36. The number of nitrogens with one attached hydrogen (secondary N) is 1. The van der Waals surface area contributed by atoms with Gasteiger partial charge in [0, 0.05) is 11.6 Å². The predicted octanol–water partition coefficient (Wildman–Crippen LogP) is 2.45. The first-order chi connectivity index (χ1) is 9.74. The first-order valence-corrected chi connectivity index (χ1v) is 7.79. The fraction of sp³-hybridized carbons (Fsp3) is 0.647. The first kappa shape index (κ1) is 13.9. The van der Waals surface area contributed by atoms with Crippen LogP contribution >= 0.6 is 0 Å². The topological polar surface area (TPSA) is 41.5 Å². The van der Waals surface area contributed by atoms with Gasteiger partial charge in [0.05, 0.1) is 13.7 Å². The lowest BCUT2D eigenvalue weighted by Crippen LogP contribution is -2.55. The maximum absolute atomic E-state index is 9.96. The first-order valence-electron chi connectivity index (χ1n) is 7.79. The summed E-state index contributed by atoms with van der Waals surface area (Å²) in [5.41, 5.74) is 2.60. The molecule has 110 valence electrons. The molecule has 1 aromatic carbocycles. The van der Waals surface area contributed by atoms with Gasteiger partial charge in [-0.2, -0.15) is 0 Å². The van der Waals surface area contributed by atoms with Gasteiger partial charge < -0.3 is 15.2 Å². The summed E-state index contributed by atoms with van der Waals surface area (Å²) in [6.07, 6.45) is 8.14. The van der Waals surface area contributed by atoms with Gasteiger partial charge in [-0.05, 0) is 55.4 Å². The fourth-order valence-electron chi connectivity index (χ4n) is 3.77. The number of rotatable bonds is 4. The van der Waals surface area contributed by atoms with Crippen molar-refractivity contribution in [2.24, 2.45) is 0 Å². The molecule has 1 aromatic rings. The zero-order chi connectivity index (χ0) is 14.0. The second kappa shape index (κ2) is 5.74. The summed E-state index contributed by atoms with van der Waals surface area (Å²) < 4.78 is 5.33. The Hall–Kier alpha value is -1.06. The number of benzene rings is 1. The van der Waals surface area contributed by atoms with Gasteiger partial charge >= 0.3 is 0 Å².